The van der Waals surface area contributed by atoms with E-state index in [9.17, 15) is 9.90 Å². The lowest BCUT2D eigenvalue weighted by Gasteiger charge is -2.14. The number of hydrogen-bond donors (Lipinski definition) is 3. The zero-order valence-corrected chi connectivity index (χ0v) is 11.9. The summed E-state index contributed by atoms with van der Waals surface area (Å²) in [7, 11) is 0. The summed E-state index contributed by atoms with van der Waals surface area (Å²) in [6, 6.07) is 10.5. The molecule has 0 unspecified atom stereocenters. The topological polar surface area (TPSA) is 75.3 Å². The number of anilines is 3. The SMILES string of the molecule is Cc1cc(Br)ccc1Nc1c(N)cccc1C(=O)O. The summed E-state index contributed by atoms with van der Waals surface area (Å²) in [6.45, 7) is 1.94. The molecule has 0 saturated heterocycles. The maximum atomic E-state index is 11.2. The molecule has 0 bridgehead atoms. The molecule has 0 radical (unpaired) electrons. The largest absolute Gasteiger partial charge is 0.478 e. The molecule has 0 heterocycles. The van der Waals surface area contributed by atoms with E-state index in [0.717, 1.165) is 15.7 Å². The van der Waals surface area contributed by atoms with Crippen molar-refractivity contribution in [2.45, 2.75) is 6.92 Å². The number of halogens is 1. The third kappa shape index (κ3) is 2.88. The summed E-state index contributed by atoms with van der Waals surface area (Å²) in [5.41, 5.74) is 8.65. The van der Waals surface area contributed by atoms with Gasteiger partial charge in [0.15, 0.2) is 0 Å². The first-order valence-electron chi connectivity index (χ1n) is 5.64. The minimum Gasteiger partial charge on any atom is -0.478 e. The van der Waals surface area contributed by atoms with Crippen LogP contribution in [0.5, 0.6) is 0 Å². The fourth-order valence-corrected chi connectivity index (χ4v) is 2.27. The van der Waals surface area contributed by atoms with Gasteiger partial charge in [0.2, 0.25) is 0 Å². The predicted molar refractivity (Wildman–Crippen MR) is 80.0 cm³/mol. The van der Waals surface area contributed by atoms with Gasteiger partial charge in [-0.1, -0.05) is 22.0 Å². The molecule has 4 N–H and O–H groups in total. The Bertz CT molecular complexity index is 641. The van der Waals surface area contributed by atoms with Gasteiger partial charge in [-0.05, 0) is 42.8 Å². The number of nitrogens with two attached hydrogens (primary N) is 1. The fourth-order valence-electron chi connectivity index (χ4n) is 1.79. The number of carbonyl (C=O) groups is 1. The van der Waals surface area contributed by atoms with E-state index in [4.69, 9.17) is 5.73 Å². The molecule has 0 aliphatic heterocycles. The molecule has 2 rings (SSSR count). The van der Waals surface area contributed by atoms with E-state index >= 15 is 0 Å². The van der Waals surface area contributed by atoms with E-state index in [1.807, 2.05) is 25.1 Å². The molecule has 0 aliphatic carbocycles. The Balaban J connectivity index is 2.46. The summed E-state index contributed by atoms with van der Waals surface area (Å²) in [4.78, 5) is 11.2. The van der Waals surface area contributed by atoms with Crippen molar-refractivity contribution in [2.24, 2.45) is 0 Å². The Morgan fingerprint density at radius 2 is 2.05 bits per heavy atom. The first-order valence-corrected chi connectivity index (χ1v) is 6.43. The Hall–Kier alpha value is -2.01. The molecule has 0 aliphatic rings. The van der Waals surface area contributed by atoms with Gasteiger partial charge in [-0.3, -0.25) is 0 Å². The van der Waals surface area contributed by atoms with Gasteiger partial charge in [0.25, 0.3) is 0 Å². The molecular formula is C14H13BrN2O2. The Morgan fingerprint density at radius 3 is 2.68 bits per heavy atom. The van der Waals surface area contributed by atoms with Gasteiger partial charge in [-0.2, -0.15) is 0 Å². The number of carboxylic acids is 1. The van der Waals surface area contributed by atoms with Crippen molar-refractivity contribution in [3.63, 3.8) is 0 Å². The monoisotopic (exact) mass is 320 g/mol. The minimum atomic E-state index is -1.01. The van der Waals surface area contributed by atoms with Crippen LogP contribution in [0.25, 0.3) is 0 Å². The molecular weight excluding hydrogens is 308 g/mol. The summed E-state index contributed by atoms with van der Waals surface area (Å²) in [5.74, 6) is -1.01. The molecule has 0 saturated carbocycles. The number of aromatic carboxylic acids is 1. The summed E-state index contributed by atoms with van der Waals surface area (Å²) in [5, 5.41) is 12.3. The highest BCUT2D eigenvalue weighted by Gasteiger charge is 2.13. The lowest BCUT2D eigenvalue weighted by molar-refractivity contribution is 0.0698. The number of nitrogens with one attached hydrogen (secondary N) is 1. The number of rotatable bonds is 3. The van der Waals surface area contributed by atoms with Crippen LogP contribution in [0.2, 0.25) is 0 Å². The molecule has 0 atom stereocenters. The highest BCUT2D eigenvalue weighted by atomic mass is 79.9. The van der Waals surface area contributed by atoms with Crippen LogP contribution in [0, 0.1) is 6.92 Å². The molecule has 0 fully saturated rings. The van der Waals surface area contributed by atoms with E-state index in [0.29, 0.717) is 11.4 Å². The smallest absolute Gasteiger partial charge is 0.337 e. The van der Waals surface area contributed by atoms with Crippen LogP contribution in [0.4, 0.5) is 17.1 Å². The Labute approximate surface area is 119 Å². The molecule has 0 amide bonds. The van der Waals surface area contributed by atoms with E-state index < -0.39 is 5.97 Å². The van der Waals surface area contributed by atoms with E-state index in [2.05, 4.69) is 21.2 Å². The molecule has 4 nitrogen and oxygen atoms in total. The first kappa shape index (κ1) is 13.4. The highest BCUT2D eigenvalue weighted by molar-refractivity contribution is 9.10. The van der Waals surface area contributed by atoms with Gasteiger partial charge in [0.1, 0.15) is 0 Å². The number of carboxylic acid groups (broad SMARTS) is 1. The lowest BCUT2D eigenvalue weighted by Crippen LogP contribution is -2.06. The molecule has 98 valence electrons. The average molecular weight is 321 g/mol. The van der Waals surface area contributed by atoms with E-state index in [1.54, 1.807) is 12.1 Å². The number of aryl methyl sites for hydroxylation is 1. The lowest BCUT2D eigenvalue weighted by atomic mass is 10.1. The van der Waals surface area contributed by atoms with Crippen molar-refractivity contribution in [2.75, 3.05) is 11.1 Å². The van der Waals surface area contributed by atoms with Crippen molar-refractivity contribution in [1.82, 2.24) is 0 Å². The van der Waals surface area contributed by atoms with Crippen molar-refractivity contribution >= 4 is 39.0 Å². The van der Waals surface area contributed by atoms with Gasteiger partial charge in [-0.25, -0.2) is 4.79 Å². The number of para-hydroxylation sites is 1. The van der Waals surface area contributed by atoms with Gasteiger partial charge < -0.3 is 16.2 Å². The van der Waals surface area contributed by atoms with Crippen molar-refractivity contribution in [3.8, 4) is 0 Å². The normalized spacial score (nSPS) is 10.2. The fraction of sp³-hybridized carbons (Fsp3) is 0.0714. The highest BCUT2D eigenvalue weighted by Crippen LogP contribution is 2.30. The third-order valence-corrected chi connectivity index (χ3v) is 3.27. The van der Waals surface area contributed by atoms with Crippen LogP contribution in [0.1, 0.15) is 15.9 Å². The molecule has 5 heteroatoms. The Morgan fingerprint density at radius 1 is 1.32 bits per heavy atom. The van der Waals surface area contributed by atoms with Crippen LogP contribution in [0.3, 0.4) is 0 Å². The second-order valence-electron chi connectivity index (χ2n) is 4.16. The van der Waals surface area contributed by atoms with Gasteiger partial charge >= 0.3 is 5.97 Å². The van der Waals surface area contributed by atoms with Crippen LogP contribution in [-0.2, 0) is 0 Å². The molecule has 19 heavy (non-hydrogen) atoms. The number of benzene rings is 2. The first-order chi connectivity index (χ1) is 8.99. The van der Waals surface area contributed by atoms with E-state index in [-0.39, 0.29) is 5.56 Å². The number of hydrogen-bond acceptors (Lipinski definition) is 3. The van der Waals surface area contributed by atoms with Crippen LogP contribution in [0.15, 0.2) is 40.9 Å². The third-order valence-electron chi connectivity index (χ3n) is 2.78. The molecule has 2 aromatic carbocycles. The molecule has 0 spiro atoms. The van der Waals surface area contributed by atoms with Crippen LogP contribution < -0.4 is 11.1 Å². The van der Waals surface area contributed by atoms with Gasteiger partial charge in [-0.15, -0.1) is 0 Å². The van der Waals surface area contributed by atoms with Crippen LogP contribution in [-0.4, -0.2) is 11.1 Å². The van der Waals surface area contributed by atoms with Crippen LogP contribution >= 0.6 is 15.9 Å². The maximum Gasteiger partial charge on any atom is 0.337 e. The number of nitrogen functional groups attached to an aromatic ring is 1. The summed E-state index contributed by atoms with van der Waals surface area (Å²) < 4.78 is 0.968. The zero-order chi connectivity index (χ0) is 14.0. The van der Waals surface area contributed by atoms with Gasteiger partial charge in [0.05, 0.1) is 16.9 Å². The summed E-state index contributed by atoms with van der Waals surface area (Å²) >= 11 is 3.39. The predicted octanol–water partition coefficient (Wildman–Crippen LogP) is 3.78. The van der Waals surface area contributed by atoms with E-state index in [1.165, 1.54) is 6.07 Å². The van der Waals surface area contributed by atoms with Crippen molar-refractivity contribution in [1.29, 1.82) is 0 Å². The average Bonchev–Trinajstić information content (AvgIpc) is 2.34. The standard InChI is InChI=1S/C14H13BrN2O2/c1-8-7-9(15)5-6-12(8)17-13-10(14(18)19)3-2-4-11(13)16/h2-7,17H,16H2,1H3,(H,18,19). The second kappa shape index (κ2) is 5.32. The summed E-state index contributed by atoms with van der Waals surface area (Å²) in [6.07, 6.45) is 0. The second-order valence-corrected chi connectivity index (χ2v) is 5.07. The van der Waals surface area contributed by atoms with Crippen molar-refractivity contribution < 1.29 is 9.90 Å². The zero-order valence-electron chi connectivity index (χ0n) is 10.3. The minimum absolute atomic E-state index is 0.155. The van der Waals surface area contributed by atoms with Gasteiger partial charge in [0, 0.05) is 10.2 Å². The maximum absolute atomic E-state index is 11.2. The molecule has 2 aromatic rings. The Kier molecular flexibility index (Phi) is 3.76. The quantitative estimate of drug-likeness (QED) is 0.752. The van der Waals surface area contributed by atoms with Crippen molar-refractivity contribution in [3.05, 3.63) is 52.0 Å². The molecule has 0 aromatic heterocycles.